The van der Waals surface area contributed by atoms with Crippen LogP contribution >= 0.6 is 0 Å². The van der Waals surface area contributed by atoms with E-state index in [1.165, 1.54) is 5.56 Å². The van der Waals surface area contributed by atoms with E-state index in [9.17, 15) is 4.79 Å². The van der Waals surface area contributed by atoms with Gasteiger partial charge in [-0.15, -0.1) is 0 Å². The van der Waals surface area contributed by atoms with Crippen LogP contribution in [0.25, 0.3) is 0 Å². The lowest BCUT2D eigenvalue weighted by Crippen LogP contribution is -2.30. The van der Waals surface area contributed by atoms with E-state index in [0.29, 0.717) is 6.54 Å². The van der Waals surface area contributed by atoms with Crippen LogP contribution in [0.5, 0.6) is 0 Å². The average Bonchev–Trinajstić information content (AvgIpc) is 3.05. The molecule has 0 spiro atoms. The predicted molar refractivity (Wildman–Crippen MR) is 102 cm³/mol. The average molecular weight is 343 g/mol. The number of amides is 1. The first kappa shape index (κ1) is 16.4. The molecule has 1 aliphatic heterocycles. The minimum atomic E-state index is -0.290. The van der Waals surface area contributed by atoms with Gasteiger partial charge >= 0.3 is 6.09 Å². The Bertz CT molecular complexity index is 849. The van der Waals surface area contributed by atoms with Crippen LogP contribution in [-0.2, 0) is 11.2 Å². The molecule has 4 rings (SSSR count). The van der Waals surface area contributed by atoms with Gasteiger partial charge < -0.3 is 4.74 Å². The van der Waals surface area contributed by atoms with E-state index in [1.807, 2.05) is 71.6 Å². The molecule has 1 amide bonds. The highest BCUT2D eigenvalue weighted by Gasteiger charge is 2.43. The van der Waals surface area contributed by atoms with E-state index in [-0.39, 0.29) is 18.2 Å². The zero-order valence-electron chi connectivity index (χ0n) is 14.5. The second kappa shape index (κ2) is 7.44. The maximum atomic E-state index is 12.7. The SMILES string of the molecule is O=C1OC(c2ccccc2)C(c2ccccc2)N1CCc1ccccc1. The molecule has 26 heavy (non-hydrogen) atoms. The minimum absolute atomic E-state index is 0.116. The minimum Gasteiger partial charge on any atom is -0.439 e. The van der Waals surface area contributed by atoms with Crippen molar-refractivity contribution in [2.75, 3.05) is 6.54 Å². The maximum absolute atomic E-state index is 12.7. The summed E-state index contributed by atoms with van der Waals surface area (Å²) in [6.07, 6.45) is 0.270. The van der Waals surface area contributed by atoms with E-state index in [0.717, 1.165) is 17.5 Å². The number of carbonyl (C=O) groups is 1. The molecule has 130 valence electrons. The molecule has 0 radical (unpaired) electrons. The topological polar surface area (TPSA) is 29.5 Å². The molecule has 2 atom stereocenters. The number of rotatable bonds is 5. The lowest BCUT2D eigenvalue weighted by atomic mass is 9.95. The molecule has 3 heteroatoms. The molecule has 0 saturated carbocycles. The van der Waals surface area contributed by atoms with Gasteiger partial charge in [0.15, 0.2) is 6.10 Å². The van der Waals surface area contributed by atoms with Gasteiger partial charge in [-0.2, -0.15) is 0 Å². The van der Waals surface area contributed by atoms with Gasteiger partial charge in [-0.3, -0.25) is 4.90 Å². The number of hydrogen-bond donors (Lipinski definition) is 0. The number of cyclic esters (lactones) is 1. The summed E-state index contributed by atoms with van der Waals surface area (Å²) < 4.78 is 5.80. The van der Waals surface area contributed by atoms with Crippen molar-refractivity contribution in [2.24, 2.45) is 0 Å². The van der Waals surface area contributed by atoms with Gasteiger partial charge in [-0.25, -0.2) is 4.79 Å². The van der Waals surface area contributed by atoms with Crippen molar-refractivity contribution < 1.29 is 9.53 Å². The third kappa shape index (κ3) is 3.33. The molecular weight excluding hydrogens is 322 g/mol. The first-order valence-electron chi connectivity index (χ1n) is 8.94. The summed E-state index contributed by atoms with van der Waals surface area (Å²) in [6.45, 7) is 0.631. The first-order valence-corrected chi connectivity index (χ1v) is 8.94. The van der Waals surface area contributed by atoms with Crippen molar-refractivity contribution in [1.82, 2.24) is 4.90 Å². The molecule has 1 heterocycles. The Morgan fingerprint density at radius 3 is 1.88 bits per heavy atom. The van der Waals surface area contributed by atoms with Crippen molar-refractivity contribution in [2.45, 2.75) is 18.6 Å². The zero-order chi connectivity index (χ0) is 17.8. The van der Waals surface area contributed by atoms with Crippen molar-refractivity contribution >= 4 is 6.09 Å². The number of nitrogens with zero attached hydrogens (tertiary/aromatic N) is 1. The molecule has 2 unspecified atom stereocenters. The Kier molecular flexibility index (Phi) is 4.69. The van der Waals surface area contributed by atoms with Gasteiger partial charge in [0.25, 0.3) is 0 Å². The first-order chi connectivity index (χ1) is 12.8. The lowest BCUT2D eigenvalue weighted by molar-refractivity contribution is 0.130. The van der Waals surface area contributed by atoms with Gasteiger partial charge in [0.05, 0.1) is 0 Å². The highest BCUT2D eigenvalue weighted by Crippen LogP contribution is 2.42. The number of ether oxygens (including phenoxy) is 1. The van der Waals surface area contributed by atoms with Gasteiger partial charge in [-0.05, 0) is 23.1 Å². The summed E-state index contributed by atoms with van der Waals surface area (Å²) in [5.41, 5.74) is 3.34. The summed E-state index contributed by atoms with van der Waals surface area (Å²) in [4.78, 5) is 14.5. The highest BCUT2D eigenvalue weighted by atomic mass is 16.6. The van der Waals surface area contributed by atoms with Crippen molar-refractivity contribution in [1.29, 1.82) is 0 Å². The Morgan fingerprint density at radius 2 is 1.27 bits per heavy atom. The van der Waals surface area contributed by atoms with Gasteiger partial charge in [0, 0.05) is 6.54 Å². The highest BCUT2D eigenvalue weighted by molar-refractivity contribution is 5.71. The largest absolute Gasteiger partial charge is 0.439 e. The lowest BCUT2D eigenvalue weighted by Gasteiger charge is -2.25. The monoisotopic (exact) mass is 343 g/mol. The normalized spacial score (nSPS) is 19.4. The third-order valence-corrected chi connectivity index (χ3v) is 4.84. The van der Waals surface area contributed by atoms with Crippen LogP contribution in [-0.4, -0.2) is 17.5 Å². The van der Waals surface area contributed by atoms with Crippen molar-refractivity contribution in [3.05, 3.63) is 108 Å². The van der Waals surface area contributed by atoms with Crippen molar-refractivity contribution in [3.63, 3.8) is 0 Å². The summed E-state index contributed by atoms with van der Waals surface area (Å²) in [7, 11) is 0. The molecule has 0 bridgehead atoms. The zero-order valence-corrected chi connectivity index (χ0v) is 14.5. The second-order valence-electron chi connectivity index (χ2n) is 6.50. The van der Waals surface area contributed by atoms with Crippen LogP contribution in [0.1, 0.15) is 28.8 Å². The van der Waals surface area contributed by atoms with Crippen LogP contribution < -0.4 is 0 Å². The third-order valence-electron chi connectivity index (χ3n) is 4.84. The molecule has 0 N–H and O–H groups in total. The van der Waals surface area contributed by atoms with E-state index in [2.05, 4.69) is 24.3 Å². The van der Waals surface area contributed by atoms with E-state index < -0.39 is 0 Å². The molecule has 3 nitrogen and oxygen atoms in total. The summed E-state index contributed by atoms with van der Waals surface area (Å²) in [5.74, 6) is 0. The number of hydrogen-bond acceptors (Lipinski definition) is 2. The fourth-order valence-corrected chi connectivity index (χ4v) is 3.54. The molecule has 3 aromatic carbocycles. The van der Waals surface area contributed by atoms with Crippen LogP contribution in [0.2, 0.25) is 0 Å². The molecule has 0 aliphatic carbocycles. The maximum Gasteiger partial charge on any atom is 0.411 e. The molecule has 0 aromatic heterocycles. The Labute approximate surface area is 153 Å². The molecular formula is C23H21NO2. The standard InChI is InChI=1S/C23H21NO2/c25-23-24(17-16-18-10-4-1-5-11-18)21(19-12-6-2-7-13-19)22(26-23)20-14-8-3-9-15-20/h1-15,21-22H,16-17H2. The van der Waals surface area contributed by atoms with Gasteiger partial charge in [0.1, 0.15) is 6.04 Å². The molecule has 1 saturated heterocycles. The fourth-order valence-electron chi connectivity index (χ4n) is 3.54. The molecule has 1 aliphatic rings. The summed E-state index contributed by atoms with van der Waals surface area (Å²) in [6, 6.07) is 30.3. The second-order valence-corrected chi connectivity index (χ2v) is 6.50. The Balaban J connectivity index is 1.64. The van der Waals surface area contributed by atoms with Crippen LogP contribution in [0, 0.1) is 0 Å². The summed E-state index contributed by atoms with van der Waals surface area (Å²) in [5, 5.41) is 0. The van der Waals surface area contributed by atoms with Gasteiger partial charge in [-0.1, -0.05) is 91.0 Å². The smallest absolute Gasteiger partial charge is 0.411 e. The Hall–Kier alpha value is -3.07. The van der Waals surface area contributed by atoms with Crippen molar-refractivity contribution in [3.8, 4) is 0 Å². The van der Waals surface area contributed by atoms with Crippen LogP contribution in [0.15, 0.2) is 91.0 Å². The van der Waals surface area contributed by atoms with Crippen LogP contribution in [0.4, 0.5) is 4.79 Å². The number of benzene rings is 3. The summed E-state index contributed by atoms with van der Waals surface area (Å²) >= 11 is 0. The van der Waals surface area contributed by atoms with Gasteiger partial charge in [0.2, 0.25) is 0 Å². The van der Waals surface area contributed by atoms with Crippen LogP contribution in [0.3, 0.4) is 0 Å². The van der Waals surface area contributed by atoms with E-state index >= 15 is 0 Å². The fraction of sp³-hybridized carbons (Fsp3) is 0.174. The number of carbonyl (C=O) groups excluding carboxylic acids is 1. The Morgan fingerprint density at radius 1 is 0.731 bits per heavy atom. The van der Waals surface area contributed by atoms with E-state index in [1.54, 1.807) is 0 Å². The predicted octanol–water partition coefficient (Wildman–Crippen LogP) is 5.16. The van der Waals surface area contributed by atoms with E-state index in [4.69, 9.17) is 4.74 Å². The molecule has 3 aromatic rings. The molecule has 1 fully saturated rings. The quantitative estimate of drug-likeness (QED) is 0.640.